The number of methoxy groups -OCH3 is 1. The van der Waals surface area contributed by atoms with Gasteiger partial charge in [0.15, 0.2) is 0 Å². The lowest BCUT2D eigenvalue weighted by atomic mass is 10.2. The van der Waals surface area contributed by atoms with Crippen molar-refractivity contribution in [2.45, 2.75) is 19.9 Å². The van der Waals surface area contributed by atoms with Crippen LogP contribution < -0.4 is 5.32 Å². The highest BCUT2D eigenvalue weighted by atomic mass is 32.1. The summed E-state index contributed by atoms with van der Waals surface area (Å²) in [6.45, 7) is 4.52. The third-order valence-electron chi connectivity index (χ3n) is 2.31. The molecule has 0 aliphatic rings. The van der Waals surface area contributed by atoms with Crippen LogP contribution in [0, 0.1) is 0 Å². The van der Waals surface area contributed by atoms with Crippen molar-refractivity contribution in [3.05, 3.63) is 34.0 Å². The Balaban J connectivity index is 2.38. The molecule has 1 aromatic heterocycles. The van der Waals surface area contributed by atoms with Crippen molar-refractivity contribution < 1.29 is 9.53 Å². The summed E-state index contributed by atoms with van der Waals surface area (Å²) in [7, 11) is 1.39. The molecule has 1 N–H and O–H groups in total. The third-order valence-corrected chi connectivity index (χ3v) is 3.36. The summed E-state index contributed by atoms with van der Waals surface area (Å²) in [6, 6.07) is 4.44. The van der Waals surface area contributed by atoms with E-state index in [2.05, 4.69) is 28.4 Å². The van der Waals surface area contributed by atoms with Crippen molar-refractivity contribution in [2.24, 2.45) is 0 Å². The second kappa shape index (κ2) is 6.45. The Morgan fingerprint density at radius 3 is 3.00 bits per heavy atom. The maximum Gasteiger partial charge on any atom is 0.333 e. The first kappa shape index (κ1) is 12.9. The van der Waals surface area contributed by atoms with Gasteiger partial charge in [-0.2, -0.15) is 0 Å². The van der Waals surface area contributed by atoms with E-state index in [1.165, 1.54) is 12.0 Å². The van der Waals surface area contributed by atoms with Gasteiger partial charge < -0.3 is 10.1 Å². The Hall–Kier alpha value is -1.13. The second-order valence-corrected chi connectivity index (χ2v) is 4.50. The van der Waals surface area contributed by atoms with E-state index < -0.39 is 0 Å². The first-order valence-electron chi connectivity index (χ1n) is 5.17. The van der Waals surface area contributed by atoms with Crippen LogP contribution in [0.3, 0.4) is 0 Å². The lowest BCUT2D eigenvalue weighted by Crippen LogP contribution is -2.18. The molecule has 0 amide bonds. The van der Waals surface area contributed by atoms with Gasteiger partial charge in [0.25, 0.3) is 0 Å². The molecule has 0 spiro atoms. The molecule has 0 aliphatic carbocycles. The summed E-state index contributed by atoms with van der Waals surface area (Å²) in [4.78, 5) is 12.4. The Morgan fingerprint density at radius 1 is 1.69 bits per heavy atom. The molecule has 0 aromatic carbocycles. The van der Waals surface area contributed by atoms with Crippen molar-refractivity contribution in [2.75, 3.05) is 13.7 Å². The van der Waals surface area contributed by atoms with E-state index in [1.807, 2.05) is 12.1 Å². The van der Waals surface area contributed by atoms with Crippen molar-refractivity contribution in [3.63, 3.8) is 0 Å². The molecule has 1 rings (SSSR count). The molecule has 16 heavy (non-hydrogen) atoms. The van der Waals surface area contributed by atoms with Crippen molar-refractivity contribution >= 4 is 17.3 Å². The zero-order valence-corrected chi connectivity index (χ0v) is 10.6. The molecule has 0 saturated heterocycles. The Labute approximate surface area is 100 Å². The smallest absolute Gasteiger partial charge is 0.333 e. The molecule has 3 nitrogen and oxygen atoms in total. The van der Waals surface area contributed by atoms with Crippen molar-refractivity contribution in [3.8, 4) is 0 Å². The Bertz CT molecular complexity index is 357. The molecule has 4 heteroatoms. The normalized spacial score (nSPS) is 13.6. The van der Waals surface area contributed by atoms with Gasteiger partial charge in [-0.05, 0) is 25.3 Å². The molecule has 0 fully saturated rings. The van der Waals surface area contributed by atoms with E-state index in [-0.39, 0.29) is 5.97 Å². The summed E-state index contributed by atoms with van der Waals surface area (Å²) in [5.41, 5.74) is 0.633. The number of ether oxygens (including phenoxy) is 1. The topological polar surface area (TPSA) is 38.3 Å². The number of rotatable bonds is 5. The third kappa shape index (κ3) is 3.79. The van der Waals surface area contributed by atoms with Crippen molar-refractivity contribution in [1.82, 2.24) is 5.32 Å². The summed E-state index contributed by atoms with van der Waals surface area (Å²) in [5, 5.41) is 5.38. The molecule has 0 radical (unpaired) electrons. The SMILES string of the molecule is COC(=O)/C(C)=C/CN[C@H](C)c1cccs1. The predicted octanol–water partition coefficient (Wildman–Crippen LogP) is 2.52. The minimum atomic E-state index is -0.273. The molecular weight excluding hydrogens is 222 g/mol. The Kier molecular flexibility index (Phi) is 5.22. The summed E-state index contributed by atoms with van der Waals surface area (Å²) < 4.78 is 4.61. The summed E-state index contributed by atoms with van der Waals surface area (Å²) in [5.74, 6) is -0.273. The van der Waals surface area contributed by atoms with E-state index in [0.717, 1.165) is 0 Å². The maximum atomic E-state index is 11.1. The highest BCUT2D eigenvalue weighted by Crippen LogP contribution is 2.17. The first-order valence-corrected chi connectivity index (χ1v) is 6.05. The number of hydrogen-bond donors (Lipinski definition) is 1. The van der Waals surface area contributed by atoms with Gasteiger partial charge in [-0.3, -0.25) is 0 Å². The van der Waals surface area contributed by atoms with Gasteiger partial charge in [0.05, 0.1) is 7.11 Å². The van der Waals surface area contributed by atoms with Crippen LogP contribution in [0.2, 0.25) is 0 Å². The molecule has 0 bridgehead atoms. The average Bonchev–Trinajstić information content (AvgIpc) is 2.81. The monoisotopic (exact) mass is 239 g/mol. The molecule has 1 heterocycles. The van der Waals surface area contributed by atoms with E-state index >= 15 is 0 Å². The van der Waals surface area contributed by atoms with Crippen LogP contribution in [0.5, 0.6) is 0 Å². The Morgan fingerprint density at radius 2 is 2.44 bits per heavy atom. The maximum absolute atomic E-state index is 11.1. The van der Waals surface area contributed by atoms with Crippen LogP contribution in [0.4, 0.5) is 0 Å². The number of hydrogen-bond acceptors (Lipinski definition) is 4. The zero-order valence-electron chi connectivity index (χ0n) is 9.82. The number of carbonyl (C=O) groups is 1. The fourth-order valence-corrected chi connectivity index (χ4v) is 2.03. The van der Waals surface area contributed by atoms with Gasteiger partial charge >= 0.3 is 5.97 Å². The van der Waals surface area contributed by atoms with Gasteiger partial charge in [-0.15, -0.1) is 11.3 Å². The minimum absolute atomic E-state index is 0.273. The molecule has 88 valence electrons. The lowest BCUT2D eigenvalue weighted by molar-refractivity contribution is -0.136. The van der Waals surface area contributed by atoms with Gasteiger partial charge in [0, 0.05) is 23.0 Å². The van der Waals surface area contributed by atoms with Crippen LogP contribution >= 0.6 is 11.3 Å². The molecule has 1 atom stereocenters. The quantitative estimate of drug-likeness (QED) is 0.634. The molecule has 0 unspecified atom stereocenters. The number of nitrogens with one attached hydrogen (secondary N) is 1. The summed E-state index contributed by atoms with van der Waals surface area (Å²) >= 11 is 1.73. The van der Waals surface area contributed by atoms with E-state index in [0.29, 0.717) is 18.2 Å². The molecular formula is C12H17NO2S. The highest BCUT2D eigenvalue weighted by molar-refractivity contribution is 7.10. The van der Waals surface area contributed by atoms with Crippen LogP contribution in [0.15, 0.2) is 29.2 Å². The first-order chi connectivity index (χ1) is 7.65. The standard InChI is InChI=1S/C12H17NO2S/c1-9(12(14)15-3)6-7-13-10(2)11-5-4-8-16-11/h4-6,8,10,13H,7H2,1-3H3/b9-6+/t10-/m1/s1. The minimum Gasteiger partial charge on any atom is -0.466 e. The van der Waals surface area contributed by atoms with Gasteiger partial charge in [-0.25, -0.2) is 4.79 Å². The largest absolute Gasteiger partial charge is 0.466 e. The van der Waals surface area contributed by atoms with Gasteiger partial charge in [-0.1, -0.05) is 12.1 Å². The van der Waals surface area contributed by atoms with Crippen LogP contribution in [-0.2, 0) is 9.53 Å². The molecule has 0 saturated carbocycles. The zero-order chi connectivity index (χ0) is 12.0. The van der Waals surface area contributed by atoms with E-state index in [4.69, 9.17) is 0 Å². The predicted molar refractivity (Wildman–Crippen MR) is 66.5 cm³/mol. The van der Waals surface area contributed by atoms with Gasteiger partial charge in [0.1, 0.15) is 0 Å². The number of esters is 1. The molecule has 1 aromatic rings. The van der Waals surface area contributed by atoms with Crippen molar-refractivity contribution in [1.29, 1.82) is 0 Å². The highest BCUT2D eigenvalue weighted by Gasteiger charge is 2.05. The molecule has 0 aliphatic heterocycles. The van der Waals surface area contributed by atoms with Crippen LogP contribution in [0.1, 0.15) is 24.8 Å². The summed E-state index contributed by atoms with van der Waals surface area (Å²) in [6.07, 6.45) is 1.84. The lowest BCUT2D eigenvalue weighted by Gasteiger charge is -2.10. The van der Waals surface area contributed by atoms with E-state index in [9.17, 15) is 4.79 Å². The fourth-order valence-electron chi connectivity index (χ4n) is 1.27. The fraction of sp³-hybridized carbons (Fsp3) is 0.417. The number of carbonyl (C=O) groups excluding carboxylic acids is 1. The van der Waals surface area contributed by atoms with Gasteiger partial charge in [0.2, 0.25) is 0 Å². The average molecular weight is 239 g/mol. The second-order valence-electron chi connectivity index (χ2n) is 3.52. The van der Waals surface area contributed by atoms with Crippen LogP contribution in [-0.4, -0.2) is 19.6 Å². The number of thiophene rings is 1. The van der Waals surface area contributed by atoms with E-state index in [1.54, 1.807) is 18.3 Å². The van der Waals surface area contributed by atoms with Crippen LogP contribution in [0.25, 0.3) is 0 Å².